The molecule has 1 heterocycles. The molecule has 1 unspecified atom stereocenters. The van der Waals surface area contributed by atoms with Crippen LogP contribution in [0.25, 0.3) is 0 Å². The van der Waals surface area contributed by atoms with Gasteiger partial charge in [-0.1, -0.05) is 54.4 Å². The molecule has 2 aromatic rings. The van der Waals surface area contributed by atoms with Crippen LogP contribution in [0.3, 0.4) is 0 Å². The quantitative estimate of drug-likeness (QED) is 0.429. The number of benzene rings is 2. The van der Waals surface area contributed by atoms with Crippen molar-refractivity contribution in [2.45, 2.75) is 44.1 Å². The Morgan fingerprint density at radius 1 is 1.11 bits per heavy atom. The van der Waals surface area contributed by atoms with E-state index in [2.05, 4.69) is 0 Å². The number of esters is 1. The average Bonchev–Trinajstić information content (AvgIpc) is 2.84. The zero-order chi connectivity index (χ0) is 26.6. The second-order valence-electron chi connectivity index (χ2n) is 8.75. The number of methoxy groups -OCH3 is 1. The maximum atomic E-state index is 13.9. The Morgan fingerprint density at radius 3 is 2.33 bits per heavy atom. The summed E-state index contributed by atoms with van der Waals surface area (Å²) in [7, 11) is 0.475. The van der Waals surface area contributed by atoms with E-state index in [9.17, 15) is 18.0 Å². The van der Waals surface area contributed by atoms with E-state index in [4.69, 9.17) is 32.7 Å². The Balaban J connectivity index is 2.20. The minimum Gasteiger partial charge on any atom is -0.469 e. The second kappa shape index (κ2) is 11.9. The van der Waals surface area contributed by atoms with Gasteiger partial charge in [0.05, 0.1) is 25.3 Å². The molecule has 1 amide bonds. The van der Waals surface area contributed by atoms with Gasteiger partial charge in [-0.15, -0.1) is 0 Å². The van der Waals surface area contributed by atoms with Crippen LogP contribution >= 0.6 is 23.2 Å². The van der Waals surface area contributed by atoms with Gasteiger partial charge in [0.15, 0.2) is 0 Å². The number of amides is 1. The summed E-state index contributed by atoms with van der Waals surface area (Å²) >= 11 is 12.4. The molecule has 196 valence electrons. The summed E-state index contributed by atoms with van der Waals surface area (Å²) in [4.78, 5) is 27.6. The van der Waals surface area contributed by atoms with Crippen LogP contribution in [0.5, 0.6) is 0 Å². The normalized spacial score (nSPS) is 21.5. The Hall–Kier alpha value is -2.17. The van der Waals surface area contributed by atoms with Crippen LogP contribution in [0.4, 0.5) is 0 Å². The number of sulfonamides is 1. The molecule has 0 spiro atoms. The fraction of sp³-hybridized carbons (Fsp3) is 0.440. The Labute approximate surface area is 222 Å². The second-order valence-corrected chi connectivity index (χ2v) is 11.8. The molecule has 0 saturated carbocycles. The van der Waals surface area contributed by atoms with Gasteiger partial charge in [-0.2, -0.15) is 0 Å². The van der Waals surface area contributed by atoms with Crippen LogP contribution in [0.1, 0.15) is 43.0 Å². The molecule has 1 saturated heterocycles. The van der Waals surface area contributed by atoms with Gasteiger partial charge >= 0.3 is 5.97 Å². The van der Waals surface area contributed by atoms with Crippen molar-refractivity contribution in [3.8, 4) is 0 Å². The Morgan fingerprint density at radius 2 is 1.78 bits per heavy atom. The number of halogens is 2. The highest BCUT2D eigenvalue weighted by atomic mass is 35.5. The third-order valence-electron chi connectivity index (χ3n) is 6.22. The fourth-order valence-electron chi connectivity index (χ4n) is 4.26. The number of hydrogen-bond donors (Lipinski definition) is 0. The first-order chi connectivity index (χ1) is 17.0. The molecule has 4 atom stereocenters. The lowest BCUT2D eigenvalue weighted by Crippen LogP contribution is -2.57. The lowest BCUT2D eigenvalue weighted by atomic mass is 9.89. The van der Waals surface area contributed by atoms with E-state index in [1.807, 2.05) is 13.0 Å². The highest BCUT2D eigenvalue weighted by Crippen LogP contribution is 2.44. The van der Waals surface area contributed by atoms with Crippen molar-refractivity contribution >= 4 is 45.1 Å². The third-order valence-corrected chi connectivity index (χ3v) is 8.63. The predicted octanol–water partition coefficient (Wildman–Crippen LogP) is 4.24. The highest BCUT2D eigenvalue weighted by Gasteiger charge is 2.48. The van der Waals surface area contributed by atoms with E-state index in [1.54, 1.807) is 47.4 Å². The molecule has 1 aliphatic heterocycles. The summed E-state index contributed by atoms with van der Waals surface area (Å²) in [5, 5.41) is 0.986. The van der Waals surface area contributed by atoms with Gasteiger partial charge in [-0.3, -0.25) is 9.59 Å². The third kappa shape index (κ3) is 6.39. The molecule has 1 fully saturated rings. The van der Waals surface area contributed by atoms with Gasteiger partial charge in [-0.05, 0) is 41.8 Å². The SMILES string of the molecule is CCC(CS(=O)(=O)N(C)C)N1C(=O)[C@H](CC(=O)OC)O[C@H](c2cccc(Cl)c2)[C@H]1c1ccc(Cl)cc1. The Kier molecular flexibility index (Phi) is 9.40. The monoisotopic (exact) mass is 556 g/mol. The molecule has 2 aromatic carbocycles. The lowest BCUT2D eigenvalue weighted by Gasteiger charge is -2.48. The van der Waals surface area contributed by atoms with Crippen molar-refractivity contribution in [1.82, 2.24) is 9.21 Å². The number of ether oxygens (including phenoxy) is 2. The molecular weight excluding hydrogens is 527 g/mol. The Bertz CT molecular complexity index is 1190. The molecule has 11 heteroatoms. The van der Waals surface area contributed by atoms with E-state index >= 15 is 0 Å². The zero-order valence-corrected chi connectivity index (χ0v) is 22.9. The first kappa shape index (κ1) is 28.4. The number of rotatable bonds is 9. The van der Waals surface area contributed by atoms with Crippen molar-refractivity contribution in [3.63, 3.8) is 0 Å². The van der Waals surface area contributed by atoms with Crippen molar-refractivity contribution in [2.75, 3.05) is 27.0 Å². The van der Waals surface area contributed by atoms with E-state index in [1.165, 1.54) is 21.2 Å². The van der Waals surface area contributed by atoms with Gasteiger partial charge in [0.1, 0.15) is 12.2 Å². The van der Waals surface area contributed by atoms with E-state index in [0.29, 0.717) is 27.6 Å². The maximum Gasteiger partial charge on any atom is 0.308 e. The van der Waals surface area contributed by atoms with Crippen LogP contribution in [-0.2, 0) is 29.1 Å². The van der Waals surface area contributed by atoms with Gasteiger partial charge in [0, 0.05) is 30.2 Å². The molecule has 0 aromatic heterocycles. The average molecular weight is 557 g/mol. The predicted molar refractivity (Wildman–Crippen MR) is 138 cm³/mol. The minimum atomic E-state index is -3.66. The summed E-state index contributed by atoms with van der Waals surface area (Å²) < 4.78 is 38.0. The van der Waals surface area contributed by atoms with Crippen LogP contribution in [0.2, 0.25) is 10.0 Å². The summed E-state index contributed by atoms with van der Waals surface area (Å²) in [5.74, 6) is -1.39. The molecule has 0 bridgehead atoms. The van der Waals surface area contributed by atoms with Gasteiger partial charge in [0.2, 0.25) is 10.0 Å². The van der Waals surface area contributed by atoms with Gasteiger partial charge in [-0.25, -0.2) is 12.7 Å². The van der Waals surface area contributed by atoms with Crippen LogP contribution in [-0.4, -0.2) is 68.6 Å². The smallest absolute Gasteiger partial charge is 0.308 e. The summed E-state index contributed by atoms with van der Waals surface area (Å²) in [6.07, 6.45) is -1.86. The lowest BCUT2D eigenvalue weighted by molar-refractivity contribution is -0.183. The summed E-state index contributed by atoms with van der Waals surface area (Å²) in [5.41, 5.74) is 1.38. The summed E-state index contributed by atoms with van der Waals surface area (Å²) in [6, 6.07) is 12.6. The van der Waals surface area contributed by atoms with Crippen LogP contribution in [0, 0.1) is 0 Å². The van der Waals surface area contributed by atoms with E-state index in [0.717, 1.165) is 4.31 Å². The standard InChI is InChI=1S/C25H30Cl2N2O6S/c1-5-20(15-36(32,33)28(2)3)29-23(16-9-11-18(26)12-10-16)24(17-7-6-8-19(27)13-17)35-21(25(29)31)14-22(30)34-4/h6-13,20-21,23-24H,5,14-15H2,1-4H3/t20?,21-,23+,24+/m0/s1. The van der Waals surface area contributed by atoms with Crippen LogP contribution in [0.15, 0.2) is 48.5 Å². The molecule has 0 radical (unpaired) electrons. The number of morpholine rings is 1. The molecule has 36 heavy (non-hydrogen) atoms. The van der Waals surface area contributed by atoms with Gasteiger partial charge < -0.3 is 14.4 Å². The molecule has 0 aliphatic carbocycles. The van der Waals surface area contributed by atoms with E-state index < -0.39 is 46.2 Å². The molecule has 8 nitrogen and oxygen atoms in total. The topological polar surface area (TPSA) is 93.2 Å². The first-order valence-corrected chi connectivity index (χ1v) is 13.8. The van der Waals surface area contributed by atoms with E-state index in [-0.39, 0.29) is 12.2 Å². The largest absolute Gasteiger partial charge is 0.469 e. The zero-order valence-electron chi connectivity index (χ0n) is 20.6. The van der Waals surface area contributed by atoms with Crippen molar-refractivity contribution < 1.29 is 27.5 Å². The molecule has 1 aliphatic rings. The summed E-state index contributed by atoms with van der Waals surface area (Å²) in [6.45, 7) is 1.82. The van der Waals surface area contributed by atoms with Crippen LogP contribution < -0.4 is 0 Å². The van der Waals surface area contributed by atoms with Gasteiger partial charge in [0.25, 0.3) is 5.91 Å². The highest BCUT2D eigenvalue weighted by molar-refractivity contribution is 7.89. The number of nitrogens with zero attached hydrogens (tertiary/aromatic N) is 2. The molecule has 3 rings (SSSR count). The number of carbonyl (C=O) groups excluding carboxylic acids is 2. The van der Waals surface area contributed by atoms with Crippen molar-refractivity contribution in [1.29, 1.82) is 0 Å². The fourth-order valence-corrected chi connectivity index (χ4v) is 5.77. The number of hydrogen-bond acceptors (Lipinski definition) is 6. The molecular formula is C25H30Cl2N2O6S. The maximum absolute atomic E-state index is 13.9. The minimum absolute atomic E-state index is 0.292. The number of carbonyl (C=O) groups is 2. The first-order valence-electron chi connectivity index (χ1n) is 11.4. The molecule has 0 N–H and O–H groups in total. The van der Waals surface area contributed by atoms with Crippen molar-refractivity contribution in [2.24, 2.45) is 0 Å². The van der Waals surface area contributed by atoms with Crippen molar-refractivity contribution in [3.05, 3.63) is 69.7 Å².